The second-order valence-electron chi connectivity index (χ2n) is 39.4. The van der Waals surface area contributed by atoms with Gasteiger partial charge < -0.3 is 19.6 Å². The summed E-state index contributed by atoms with van der Waals surface area (Å²) >= 11 is 8.38. The second kappa shape index (κ2) is 71.7. The summed E-state index contributed by atoms with van der Waals surface area (Å²) in [6, 6.07) is 71.4. The average molecular weight is 2000 g/mol. The minimum atomic E-state index is 0.709. The predicted octanol–water partition coefficient (Wildman–Crippen LogP) is 39.6. The van der Waals surface area contributed by atoms with E-state index in [9.17, 15) is 0 Å². The number of rotatable bonds is 68. The Morgan fingerprint density at radius 1 is 0.157 bits per heavy atom. The maximum Gasteiger partial charge on any atom is 0.0586 e. The summed E-state index contributed by atoms with van der Waals surface area (Å²) in [5.41, 5.74) is 20.9. The van der Waals surface area contributed by atoms with E-state index >= 15 is 0 Å². The molecule has 0 amide bonds. The molecule has 140 heavy (non-hydrogen) atoms. The van der Waals surface area contributed by atoms with Crippen LogP contribution in [-0.4, -0.2) is 52.4 Å². The molecule has 9 rings (SSSR count). The van der Waals surface area contributed by atoms with Gasteiger partial charge in [0.1, 0.15) is 0 Å². The molecule has 0 aromatic heterocycles. The Morgan fingerprint density at radius 2 is 0.293 bits per heavy atom. The van der Waals surface area contributed by atoms with Crippen LogP contribution in [0.15, 0.2) is 203 Å². The molecule has 0 radical (unpaired) electrons. The fraction of sp³-hybridized carbons (Fsp3) is 0.478. The highest BCUT2D eigenvalue weighted by Crippen LogP contribution is 2.37. The normalized spacial score (nSPS) is 11.3. The van der Waals surface area contributed by atoms with Crippen molar-refractivity contribution < 1.29 is 0 Å². The van der Waals surface area contributed by atoms with Crippen molar-refractivity contribution in [2.45, 2.75) is 364 Å². The number of anilines is 4. The lowest BCUT2D eigenvalue weighted by Gasteiger charge is -2.25. The highest BCUT2D eigenvalue weighted by Gasteiger charge is 2.20. The standard InChI is InChI=1S/C134H176Br2N4/c1-9-17-25-33-41-49-105-137(106-50-42-34-26-18-10-2)125-93-81-121(82-94-125)77-65-113-57-69-117(70-58-113)89-101-129-130(102-90-118-71-59-114(60-72-118)66-78-122-83-95-126(96-84-122)138(107-51-43-35-27-19-11-3)108-52-44-36-28-20-12-4)133(135)132(104-92-120-75-63-116(64-76-120)68-80-124-87-99-128(100-88-124)140(111-55-47-39-31-23-15-7)112-56-48-40-32-24-16-8)134(136)131(129)103-91-119-73-61-115(62-74-119)67-79-123-85-97-127(98-86-123)139(109-53-45-37-29-21-13-5)110-54-46-38-30-22-14-6/h57-88,93-100H,9-56,105-112H2,1-8H3. The summed E-state index contributed by atoms with van der Waals surface area (Å²) in [5, 5.41) is 0. The molecule has 0 aliphatic rings. The summed E-state index contributed by atoms with van der Waals surface area (Å²) in [6.45, 7) is 27.4. The number of hydrogen-bond donors (Lipinski definition) is 0. The van der Waals surface area contributed by atoms with Crippen molar-refractivity contribution in [3.63, 3.8) is 0 Å². The Kier molecular flexibility index (Phi) is 58.4. The van der Waals surface area contributed by atoms with Crippen molar-refractivity contribution in [3.05, 3.63) is 292 Å². The fourth-order valence-corrected chi connectivity index (χ4v) is 20.0. The van der Waals surface area contributed by atoms with E-state index in [4.69, 9.17) is 0 Å². The molecule has 6 heteroatoms. The van der Waals surface area contributed by atoms with E-state index in [2.05, 4.69) is 397 Å². The number of hydrogen-bond acceptors (Lipinski definition) is 4. The van der Waals surface area contributed by atoms with Crippen LogP contribution in [0, 0.1) is 47.4 Å². The molecule has 0 saturated heterocycles. The van der Waals surface area contributed by atoms with Crippen molar-refractivity contribution in [1.29, 1.82) is 0 Å². The van der Waals surface area contributed by atoms with Gasteiger partial charge in [0.15, 0.2) is 0 Å². The maximum absolute atomic E-state index is 4.19. The SMILES string of the molecule is CCCCCCCCN(CCCCCCCC)c1ccc(C=Cc2ccc(C#Cc3c(Br)c(C#Cc4ccc(C=Cc5ccc(N(CCCCCCCC)CCCCCCCC)cc5)cc4)c(C#Cc4ccc(C=Cc5ccc(N(CCCCCCCC)CCCCCCCC)cc5)cc4)c(C#Cc4ccc(C=Cc5ccc(N(CCCCCCCC)CCCCCCCC)cc5)cc4)c3Br)cc2)cc1. The van der Waals surface area contributed by atoms with Gasteiger partial charge in [-0.25, -0.2) is 0 Å². The zero-order chi connectivity index (χ0) is 98.6. The summed E-state index contributed by atoms with van der Waals surface area (Å²) in [7, 11) is 0. The first-order valence-electron chi connectivity index (χ1n) is 56.2. The number of unbranched alkanes of at least 4 members (excludes halogenated alkanes) is 40. The predicted molar refractivity (Wildman–Crippen MR) is 629 cm³/mol. The van der Waals surface area contributed by atoms with Gasteiger partial charge in [0.2, 0.25) is 0 Å². The molecular formula is C134H176Br2N4. The van der Waals surface area contributed by atoms with Gasteiger partial charge in [0.25, 0.3) is 0 Å². The molecule has 4 nitrogen and oxygen atoms in total. The highest BCUT2D eigenvalue weighted by molar-refractivity contribution is 9.11. The molecule has 9 aromatic rings. The molecule has 0 heterocycles. The van der Waals surface area contributed by atoms with Gasteiger partial charge in [-0.05, 0) is 225 Å². The largest absolute Gasteiger partial charge is 0.372 e. The maximum atomic E-state index is 4.19. The van der Waals surface area contributed by atoms with Gasteiger partial charge in [0, 0.05) is 97.4 Å². The van der Waals surface area contributed by atoms with Crippen molar-refractivity contribution in [3.8, 4) is 47.4 Å². The van der Waals surface area contributed by atoms with Crippen LogP contribution in [-0.2, 0) is 0 Å². The third kappa shape index (κ3) is 45.3. The van der Waals surface area contributed by atoms with Gasteiger partial charge >= 0.3 is 0 Å². The monoisotopic (exact) mass is 2000 g/mol. The summed E-state index contributed by atoms with van der Waals surface area (Å²) < 4.78 is 1.50. The fourth-order valence-electron chi connectivity index (χ4n) is 18.5. The zero-order valence-corrected chi connectivity index (χ0v) is 91.4. The third-order valence-electron chi connectivity index (χ3n) is 27.5. The van der Waals surface area contributed by atoms with E-state index in [0.717, 1.165) is 111 Å². The number of nitrogens with zero attached hydrogens (tertiary/aromatic N) is 4. The van der Waals surface area contributed by atoms with E-state index in [1.807, 2.05) is 0 Å². The number of benzene rings is 9. The topological polar surface area (TPSA) is 13.0 Å². The number of halogens is 2. The van der Waals surface area contributed by atoms with Crippen LogP contribution in [0.3, 0.4) is 0 Å². The third-order valence-corrected chi connectivity index (χ3v) is 29.1. The van der Waals surface area contributed by atoms with Crippen molar-refractivity contribution >= 4 is 103 Å². The molecule has 0 aliphatic heterocycles. The summed E-state index contributed by atoms with van der Waals surface area (Å²) in [5.74, 6) is 29.2. The van der Waals surface area contributed by atoms with Crippen LogP contribution in [0.5, 0.6) is 0 Å². The lowest BCUT2D eigenvalue weighted by molar-refractivity contribution is 0.575. The first kappa shape index (κ1) is 114. The van der Waals surface area contributed by atoms with Crippen LogP contribution in [0.1, 0.15) is 453 Å². The summed E-state index contributed by atoms with van der Waals surface area (Å²) in [4.78, 5) is 10.6. The zero-order valence-electron chi connectivity index (χ0n) is 88.2. The van der Waals surface area contributed by atoms with Crippen LogP contribution in [0.2, 0.25) is 0 Å². The van der Waals surface area contributed by atoms with Crippen LogP contribution in [0.4, 0.5) is 22.7 Å². The van der Waals surface area contributed by atoms with Crippen molar-refractivity contribution in [1.82, 2.24) is 0 Å². The summed E-state index contributed by atoms with van der Waals surface area (Å²) in [6.07, 6.45) is 80.7. The first-order chi connectivity index (χ1) is 69.0. The van der Waals surface area contributed by atoms with Gasteiger partial charge in [0.05, 0.1) is 31.2 Å². The molecule has 0 aliphatic carbocycles. The molecular weight excluding hydrogens is 1830 g/mol. The first-order valence-corrected chi connectivity index (χ1v) is 57.8. The molecule has 0 bridgehead atoms. The molecule has 0 N–H and O–H groups in total. The lowest BCUT2D eigenvalue weighted by atomic mass is 9.96. The van der Waals surface area contributed by atoms with Gasteiger partial charge in [-0.2, -0.15) is 0 Å². The Balaban J connectivity index is 1.05. The molecule has 9 aromatic carbocycles. The molecule has 0 unspecified atom stereocenters. The van der Waals surface area contributed by atoms with Gasteiger partial charge in [-0.1, -0.05) is 505 Å². The van der Waals surface area contributed by atoms with E-state index in [0.29, 0.717) is 16.7 Å². The van der Waals surface area contributed by atoms with Gasteiger partial charge in [-0.3, -0.25) is 0 Å². The minimum absolute atomic E-state index is 0.709. The average Bonchev–Trinajstić information content (AvgIpc) is 0.771. The molecule has 0 atom stereocenters. The van der Waals surface area contributed by atoms with E-state index < -0.39 is 0 Å². The van der Waals surface area contributed by atoms with Crippen LogP contribution < -0.4 is 19.6 Å². The van der Waals surface area contributed by atoms with Crippen molar-refractivity contribution in [2.75, 3.05) is 72.0 Å². The van der Waals surface area contributed by atoms with E-state index in [1.165, 1.54) is 353 Å². The minimum Gasteiger partial charge on any atom is -0.372 e. The van der Waals surface area contributed by atoms with Crippen LogP contribution >= 0.6 is 31.9 Å². The Bertz CT molecular complexity index is 4990. The van der Waals surface area contributed by atoms with Gasteiger partial charge in [-0.15, -0.1) is 0 Å². The highest BCUT2D eigenvalue weighted by atomic mass is 79.9. The molecule has 746 valence electrons. The van der Waals surface area contributed by atoms with E-state index in [-0.39, 0.29) is 0 Å². The van der Waals surface area contributed by atoms with Crippen molar-refractivity contribution in [2.24, 2.45) is 0 Å². The quantitative estimate of drug-likeness (QED) is 0.0214. The molecule has 0 fully saturated rings. The Hall–Kier alpha value is -9.66. The smallest absolute Gasteiger partial charge is 0.0586 e. The van der Waals surface area contributed by atoms with E-state index in [1.54, 1.807) is 0 Å². The second-order valence-corrected chi connectivity index (χ2v) is 41.0. The Morgan fingerprint density at radius 3 is 0.457 bits per heavy atom. The van der Waals surface area contributed by atoms with Crippen LogP contribution in [0.25, 0.3) is 48.6 Å². The molecule has 0 saturated carbocycles. The Labute approximate surface area is 871 Å². The molecule has 0 spiro atoms. The lowest BCUT2D eigenvalue weighted by Crippen LogP contribution is -2.25.